The maximum Gasteiger partial charge on any atom is 0.243 e. The van der Waals surface area contributed by atoms with Crippen LogP contribution in [0.4, 0.5) is 13.9 Å². The zero-order chi connectivity index (χ0) is 16.6. The summed E-state index contributed by atoms with van der Waals surface area (Å²) in [6.45, 7) is 3.54. The molecule has 2 aromatic rings. The number of nitrogens with zero attached hydrogens (tertiary/aromatic N) is 3. The Morgan fingerprint density at radius 2 is 1.83 bits per heavy atom. The molecule has 1 aromatic heterocycles. The summed E-state index contributed by atoms with van der Waals surface area (Å²) in [5, 5.41) is 0.868. The Balaban J connectivity index is 1.74. The number of hydrogen-bond donors (Lipinski definition) is 0. The summed E-state index contributed by atoms with van der Waals surface area (Å²) < 4.78 is 52.6. The van der Waals surface area contributed by atoms with E-state index < -0.39 is 21.7 Å². The average Bonchev–Trinajstić information content (AvgIpc) is 2.96. The molecule has 0 spiro atoms. The van der Waals surface area contributed by atoms with Crippen LogP contribution in [0.5, 0.6) is 0 Å². The van der Waals surface area contributed by atoms with Crippen LogP contribution in [0.15, 0.2) is 29.3 Å². The zero-order valence-corrected chi connectivity index (χ0v) is 14.0. The monoisotopic (exact) mass is 359 g/mol. The van der Waals surface area contributed by atoms with Crippen LogP contribution in [0, 0.1) is 18.6 Å². The SMILES string of the molecule is Cc1cnc(N2CCN(S(=O)(=O)c3ccc(F)c(F)c3)CC2)s1. The van der Waals surface area contributed by atoms with E-state index in [0.717, 1.165) is 28.2 Å². The van der Waals surface area contributed by atoms with E-state index in [4.69, 9.17) is 0 Å². The highest BCUT2D eigenvalue weighted by Gasteiger charge is 2.29. The van der Waals surface area contributed by atoms with Gasteiger partial charge in [-0.1, -0.05) is 0 Å². The van der Waals surface area contributed by atoms with Gasteiger partial charge in [-0.25, -0.2) is 22.2 Å². The molecule has 1 aliphatic rings. The highest BCUT2D eigenvalue weighted by molar-refractivity contribution is 7.89. The summed E-state index contributed by atoms with van der Waals surface area (Å²) in [5.41, 5.74) is 0. The predicted molar refractivity (Wildman–Crippen MR) is 84.2 cm³/mol. The number of halogens is 2. The van der Waals surface area contributed by atoms with Crippen molar-refractivity contribution in [2.45, 2.75) is 11.8 Å². The molecule has 1 aliphatic heterocycles. The highest BCUT2D eigenvalue weighted by Crippen LogP contribution is 2.25. The van der Waals surface area contributed by atoms with Crippen LogP contribution in [-0.4, -0.2) is 43.9 Å². The molecule has 3 rings (SSSR count). The van der Waals surface area contributed by atoms with Gasteiger partial charge in [0.25, 0.3) is 0 Å². The second kappa shape index (κ2) is 6.14. The minimum atomic E-state index is -3.82. The molecule has 0 aliphatic carbocycles. The van der Waals surface area contributed by atoms with Crippen molar-refractivity contribution in [2.75, 3.05) is 31.1 Å². The summed E-state index contributed by atoms with van der Waals surface area (Å²) >= 11 is 1.56. The van der Waals surface area contributed by atoms with Crippen molar-refractivity contribution in [3.63, 3.8) is 0 Å². The molecule has 1 fully saturated rings. The number of piperazine rings is 1. The van der Waals surface area contributed by atoms with Crippen LogP contribution < -0.4 is 4.90 Å². The molecule has 0 saturated carbocycles. The Morgan fingerprint density at radius 1 is 1.13 bits per heavy atom. The van der Waals surface area contributed by atoms with Crippen molar-refractivity contribution in [1.29, 1.82) is 0 Å². The number of rotatable bonds is 3. The third kappa shape index (κ3) is 3.22. The van der Waals surface area contributed by atoms with E-state index in [-0.39, 0.29) is 18.0 Å². The number of anilines is 1. The molecule has 1 aromatic carbocycles. The van der Waals surface area contributed by atoms with Crippen molar-refractivity contribution in [2.24, 2.45) is 0 Å². The third-order valence-electron chi connectivity index (χ3n) is 3.65. The number of aryl methyl sites for hydroxylation is 1. The quantitative estimate of drug-likeness (QED) is 0.843. The van der Waals surface area contributed by atoms with Crippen molar-refractivity contribution in [3.8, 4) is 0 Å². The lowest BCUT2D eigenvalue weighted by Crippen LogP contribution is -2.48. The Labute approximate surface area is 137 Å². The number of benzene rings is 1. The fourth-order valence-electron chi connectivity index (χ4n) is 2.40. The highest BCUT2D eigenvalue weighted by atomic mass is 32.2. The summed E-state index contributed by atoms with van der Waals surface area (Å²) in [7, 11) is -3.82. The molecule has 124 valence electrons. The first kappa shape index (κ1) is 16.3. The fourth-order valence-corrected chi connectivity index (χ4v) is 4.64. The lowest BCUT2D eigenvalue weighted by molar-refractivity contribution is 0.384. The van der Waals surface area contributed by atoms with Crippen molar-refractivity contribution in [3.05, 3.63) is 40.9 Å². The van der Waals surface area contributed by atoms with Crippen LogP contribution in [0.1, 0.15) is 4.88 Å². The number of hydrogen-bond acceptors (Lipinski definition) is 5. The van der Waals surface area contributed by atoms with Crippen LogP contribution in [-0.2, 0) is 10.0 Å². The number of thiazole rings is 1. The topological polar surface area (TPSA) is 53.5 Å². The van der Waals surface area contributed by atoms with Gasteiger partial charge in [-0.3, -0.25) is 0 Å². The summed E-state index contributed by atoms with van der Waals surface area (Å²) in [6, 6.07) is 2.64. The van der Waals surface area contributed by atoms with E-state index >= 15 is 0 Å². The van der Waals surface area contributed by atoms with Crippen LogP contribution in [0.25, 0.3) is 0 Å². The Kier molecular flexibility index (Phi) is 4.35. The molecule has 0 atom stereocenters. The molecule has 0 radical (unpaired) electrons. The molecule has 5 nitrogen and oxygen atoms in total. The second-order valence-corrected chi connectivity index (χ2v) is 8.37. The molecule has 0 amide bonds. The molecule has 0 unspecified atom stereocenters. The van der Waals surface area contributed by atoms with E-state index in [1.165, 1.54) is 4.31 Å². The van der Waals surface area contributed by atoms with Crippen LogP contribution >= 0.6 is 11.3 Å². The molecule has 23 heavy (non-hydrogen) atoms. The second-order valence-electron chi connectivity index (χ2n) is 5.22. The van der Waals surface area contributed by atoms with Crippen molar-refractivity contribution >= 4 is 26.5 Å². The van der Waals surface area contributed by atoms with Gasteiger partial charge in [-0.15, -0.1) is 11.3 Å². The number of aromatic nitrogens is 1. The molecule has 0 N–H and O–H groups in total. The lowest BCUT2D eigenvalue weighted by atomic mass is 10.3. The summed E-state index contributed by atoms with van der Waals surface area (Å²) in [6.07, 6.45) is 1.78. The molecule has 0 bridgehead atoms. The van der Waals surface area contributed by atoms with Gasteiger partial charge in [0, 0.05) is 37.3 Å². The predicted octanol–water partition coefficient (Wildman–Crippen LogP) is 2.24. The van der Waals surface area contributed by atoms with E-state index in [2.05, 4.69) is 4.98 Å². The zero-order valence-electron chi connectivity index (χ0n) is 12.4. The first-order chi connectivity index (χ1) is 10.9. The van der Waals surface area contributed by atoms with Gasteiger partial charge in [0.05, 0.1) is 4.90 Å². The maximum absolute atomic E-state index is 13.3. The Bertz CT molecular complexity index is 815. The van der Waals surface area contributed by atoms with Gasteiger partial charge in [0.1, 0.15) is 0 Å². The maximum atomic E-state index is 13.3. The standard InChI is InChI=1S/C14H15F2N3O2S2/c1-10-9-17-14(22-10)18-4-6-19(7-5-18)23(20,21)11-2-3-12(15)13(16)8-11/h2-3,8-9H,4-7H2,1H3. The molecule has 1 saturated heterocycles. The van der Waals surface area contributed by atoms with Gasteiger partial charge in [0.2, 0.25) is 10.0 Å². The largest absolute Gasteiger partial charge is 0.345 e. The third-order valence-corrected chi connectivity index (χ3v) is 6.52. The molecule has 9 heteroatoms. The van der Waals surface area contributed by atoms with Gasteiger partial charge in [-0.05, 0) is 25.1 Å². The normalized spacial score (nSPS) is 16.7. The van der Waals surface area contributed by atoms with E-state index in [9.17, 15) is 17.2 Å². The van der Waals surface area contributed by atoms with Crippen molar-refractivity contribution < 1.29 is 17.2 Å². The van der Waals surface area contributed by atoms with Gasteiger partial charge < -0.3 is 4.90 Å². The van der Waals surface area contributed by atoms with Crippen LogP contribution in [0.3, 0.4) is 0 Å². The molecular formula is C14H15F2N3O2S2. The average molecular weight is 359 g/mol. The molecule has 2 heterocycles. The smallest absolute Gasteiger partial charge is 0.243 e. The lowest BCUT2D eigenvalue weighted by Gasteiger charge is -2.33. The van der Waals surface area contributed by atoms with E-state index in [0.29, 0.717) is 13.1 Å². The minimum Gasteiger partial charge on any atom is -0.345 e. The summed E-state index contributed by atoms with van der Waals surface area (Å²) in [5.74, 6) is -2.23. The van der Waals surface area contributed by atoms with Crippen molar-refractivity contribution in [1.82, 2.24) is 9.29 Å². The minimum absolute atomic E-state index is 0.227. The van der Waals surface area contributed by atoms with Gasteiger partial charge >= 0.3 is 0 Å². The Hall–Kier alpha value is -1.58. The first-order valence-electron chi connectivity index (χ1n) is 7.00. The first-order valence-corrected chi connectivity index (χ1v) is 9.26. The molecular weight excluding hydrogens is 344 g/mol. The Morgan fingerprint density at radius 3 is 2.39 bits per heavy atom. The van der Waals surface area contributed by atoms with Gasteiger partial charge in [-0.2, -0.15) is 4.31 Å². The fraction of sp³-hybridized carbons (Fsp3) is 0.357. The summed E-state index contributed by atoms with van der Waals surface area (Å²) in [4.78, 5) is 7.18. The van der Waals surface area contributed by atoms with E-state index in [1.54, 1.807) is 17.5 Å². The van der Waals surface area contributed by atoms with E-state index in [1.807, 2.05) is 11.8 Å². The number of sulfonamides is 1. The van der Waals surface area contributed by atoms with Crippen LogP contribution in [0.2, 0.25) is 0 Å². The van der Waals surface area contributed by atoms with Gasteiger partial charge in [0.15, 0.2) is 16.8 Å².